The highest BCUT2D eigenvalue weighted by atomic mass is 32.2. The van der Waals surface area contributed by atoms with E-state index in [1.807, 2.05) is 6.07 Å². The highest BCUT2D eigenvalue weighted by molar-refractivity contribution is 7.99. The Bertz CT molecular complexity index is 313. The van der Waals surface area contributed by atoms with E-state index in [4.69, 9.17) is 9.47 Å². The van der Waals surface area contributed by atoms with Crippen LogP contribution in [0, 0.1) is 5.82 Å². The van der Waals surface area contributed by atoms with Crippen molar-refractivity contribution in [3.05, 3.63) is 30.1 Å². The molecule has 0 unspecified atom stereocenters. The van der Waals surface area contributed by atoms with Crippen LogP contribution in [-0.4, -0.2) is 25.3 Å². The predicted octanol–water partition coefficient (Wildman–Crippen LogP) is 2.68. The fourth-order valence-electron chi connectivity index (χ4n) is 1.40. The lowest BCUT2D eigenvalue weighted by Gasteiger charge is -2.08. The van der Waals surface area contributed by atoms with Gasteiger partial charge in [0.25, 0.3) is 0 Å². The summed E-state index contributed by atoms with van der Waals surface area (Å²) in [4.78, 5) is 0.690. The normalized spacial score (nSPS) is 17.1. The monoisotopic (exact) mass is 228 g/mol. The van der Waals surface area contributed by atoms with Crippen LogP contribution in [0.25, 0.3) is 0 Å². The van der Waals surface area contributed by atoms with E-state index in [1.54, 1.807) is 12.1 Å². The van der Waals surface area contributed by atoms with E-state index in [0.717, 1.165) is 12.2 Å². The molecule has 0 spiro atoms. The molecule has 4 heteroatoms. The summed E-state index contributed by atoms with van der Waals surface area (Å²) in [6.45, 7) is 1.35. The molecule has 0 N–H and O–H groups in total. The second-order valence-corrected chi connectivity index (χ2v) is 4.38. The van der Waals surface area contributed by atoms with E-state index < -0.39 is 0 Å². The minimum atomic E-state index is -0.157. The summed E-state index contributed by atoms with van der Waals surface area (Å²) >= 11 is 1.50. The molecule has 1 aromatic rings. The van der Waals surface area contributed by atoms with E-state index in [9.17, 15) is 4.39 Å². The number of benzene rings is 1. The predicted molar refractivity (Wildman–Crippen MR) is 57.4 cm³/mol. The maximum absolute atomic E-state index is 13.2. The molecule has 82 valence electrons. The quantitative estimate of drug-likeness (QED) is 0.738. The number of ether oxygens (including phenoxy) is 2. The molecule has 0 aromatic heterocycles. The van der Waals surface area contributed by atoms with Gasteiger partial charge in [0.2, 0.25) is 0 Å². The molecule has 1 aliphatic heterocycles. The van der Waals surface area contributed by atoms with Crippen molar-refractivity contribution < 1.29 is 13.9 Å². The number of hydrogen-bond donors (Lipinski definition) is 0. The number of hydrogen-bond acceptors (Lipinski definition) is 3. The van der Waals surface area contributed by atoms with Gasteiger partial charge in [-0.1, -0.05) is 12.1 Å². The van der Waals surface area contributed by atoms with E-state index in [-0.39, 0.29) is 12.1 Å². The molecule has 0 saturated carbocycles. The van der Waals surface area contributed by atoms with Crippen LogP contribution in [0.2, 0.25) is 0 Å². The summed E-state index contributed by atoms with van der Waals surface area (Å²) in [6.07, 6.45) is 0.711. The molecular weight excluding hydrogens is 215 g/mol. The lowest BCUT2D eigenvalue weighted by molar-refractivity contribution is -0.0421. The second kappa shape index (κ2) is 5.49. The molecule has 0 aliphatic carbocycles. The van der Waals surface area contributed by atoms with Crippen molar-refractivity contribution in [2.75, 3.05) is 19.0 Å². The van der Waals surface area contributed by atoms with Crippen LogP contribution in [-0.2, 0) is 9.47 Å². The highest BCUT2D eigenvalue weighted by Crippen LogP contribution is 2.23. The van der Waals surface area contributed by atoms with Gasteiger partial charge in [0.15, 0.2) is 6.29 Å². The maximum atomic E-state index is 13.2. The Hall–Kier alpha value is -0.580. The molecule has 0 atom stereocenters. The van der Waals surface area contributed by atoms with Crippen molar-refractivity contribution in [1.29, 1.82) is 0 Å². The fourth-order valence-corrected chi connectivity index (χ4v) is 2.31. The van der Waals surface area contributed by atoms with E-state index >= 15 is 0 Å². The lowest BCUT2D eigenvalue weighted by atomic mass is 10.3. The Kier molecular flexibility index (Phi) is 4.00. The molecule has 0 bridgehead atoms. The summed E-state index contributed by atoms with van der Waals surface area (Å²) in [6, 6.07) is 6.80. The average Bonchev–Trinajstić information content (AvgIpc) is 2.74. The smallest absolute Gasteiger partial charge is 0.158 e. The third-order valence-corrected chi connectivity index (χ3v) is 3.22. The van der Waals surface area contributed by atoms with Crippen LogP contribution in [0.5, 0.6) is 0 Å². The first-order valence-corrected chi connectivity index (χ1v) is 5.95. The number of halogens is 1. The highest BCUT2D eigenvalue weighted by Gasteiger charge is 2.15. The summed E-state index contributed by atoms with van der Waals surface area (Å²) in [7, 11) is 0. The zero-order valence-corrected chi connectivity index (χ0v) is 9.13. The van der Waals surface area contributed by atoms with Gasteiger partial charge < -0.3 is 9.47 Å². The van der Waals surface area contributed by atoms with Crippen molar-refractivity contribution in [3.8, 4) is 0 Å². The molecule has 1 aromatic carbocycles. The number of thioether (sulfide) groups is 1. The summed E-state index contributed by atoms with van der Waals surface area (Å²) in [5, 5.41) is 0. The minimum Gasteiger partial charge on any atom is -0.350 e. The van der Waals surface area contributed by atoms with Gasteiger partial charge in [-0.25, -0.2) is 4.39 Å². The summed E-state index contributed by atoms with van der Waals surface area (Å²) in [5.74, 6) is 0.654. The molecule has 1 saturated heterocycles. The molecule has 0 amide bonds. The van der Waals surface area contributed by atoms with Crippen LogP contribution in [0.3, 0.4) is 0 Å². The van der Waals surface area contributed by atoms with Gasteiger partial charge in [-0.3, -0.25) is 0 Å². The fraction of sp³-hybridized carbons (Fsp3) is 0.455. The van der Waals surface area contributed by atoms with Crippen molar-refractivity contribution in [2.24, 2.45) is 0 Å². The van der Waals surface area contributed by atoms with Gasteiger partial charge in [0.1, 0.15) is 5.82 Å². The summed E-state index contributed by atoms with van der Waals surface area (Å²) < 4.78 is 23.8. The third kappa shape index (κ3) is 3.19. The van der Waals surface area contributed by atoms with Crippen LogP contribution in [0.15, 0.2) is 29.2 Å². The first-order valence-electron chi connectivity index (χ1n) is 4.97. The zero-order chi connectivity index (χ0) is 10.5. The molecule has 1 heterocycles. The molecule has 1 fully saturated rings. The van der Waals surface area contributed by atoms with Gasteiger partial charge >= 0.3 is 0 Å². The topological polar surface area (TPSA) is 18.5 Å². The second-order valence-electron chi connectivity index (χ2n) is 3.24. The first-order chi connectivity index (χ1) is 7.36. The largest absolute Gasteiger partial charge is 0.350 e. The first kappa shape index (κ1) is 10.9. The molecule has 0 radical (unpaired) electrons. The van der Waals surface area contributed by atoms with Crippen LogP contribution in [0.1, 0.15) is 6.42 Å². The zero-order valence-electron chi connectivity index (χ0n) is 8.32. The van der Waals surface area contributed by atoms with Crippen molar-refractivity contribution in [3.63, 3.8) is 0 Å². The minimum absolute atomic E-state index is 0.0933. The van der Waals surface area contributed by atoms with E-state index in [2.05, 4.69) is 0 Å². The van der Waals surface area contributed by atoms with Gasteiger partial charge in [0.05, 0.1) is 13.2 Å². The molecule has 2 nitrogen and oxygen atoms in total. The molecule has 2 rings (SSSR count). The van der Waals surface area contributed by atoms with Gasteiger partial charge in [-0.05, 0) is 12.1 Å². The molecule has 1 aliphatic rings. The van der Waals surface area contributed by atoms with Crippen LogP contribution < -0.4 is 0 Å². The van der Waals surface area contributed by atoms with Crippen molar-refractivity contribution >= 4 is 11.8 Å². The average molecular weight is 228 g/mol. The summed E-state index contributed by atoms with van der Waals surface area (Å²) in [5.41, 5.74) is 0. The Morgan fingerprint density at radius 3 is 2.73 bits per heavy atom. The Balaban J connectivity index is 1.75. The number of rotatable bonds is 4. The third-order valence-electron chi connectivity index (χ3n) is 2.14. The maximum Gasteiger partial charge on any atom is 0.158 e. The van der Waals surface area contributed by atoms with Gasteiger partial charge in [0, 0.05) is 17.1 Å². The molecule has 15 heavy (non-hydrogen) atoms. The van der Waals surface area contributed by atoms with Crippen LogP contribution >= 0.6 is 11.8 Å². The lowest BCUT2D eigenvalue weighted by Crippen LogP contribution is -2.08. The van der Waals surface area contributed by atoms with E-state index in [0.29, 0.717) is 18.1 Å². The molecular formula is C11H13FO2S. The van der Waals surface area contributed by atoms with Crippen LogP contribution in [0.4, 0.5) is 4.39 Å². The standard InChI is InChI=1S/C11H13FO2S/c12-9-3-1-2-4-10(9)15-8-5-11-13-6-7-14-11/h1-4,11H,5-8H2. The Morgan fingerprint density at radius 1 is 1.27 bits per heavy atom. The Morgan fingerprint density at radius 2 is 2.00 bits per heavy atom. The van der Waals surface area contributed by atoms with Crippen molar-refractivity contribution in [1.82, 2.24) is 0 Å². The van der Waals surface area contributed by atoms with Gasteiger partial charge in [-0.2, -0.15) is 0 Å². The van der Waals surface area contributed by atoms with E-state index in [1.165, 1.54) is 17.8 Å². The Labute approximate surface area is 92.8 Å². The SMILES string of the molecule is Fc1ccccc1SCCC1OCCO1. The van der Waals surface area contributed by atoms with Gasteiger partial charge in [-0.15, -0.1) is 11.8 Å². The van der Waals surface area contributed by atoms with Crippen molar-refractivity contribution in [2.45, 2.75) is 17.6 Å².